The van der Waals surface area contributed by atoms with E-state index >= 15 is 0 Å². The molecule has 0 bridgehead atoms. The number of halogens is 2. The Labute approximate surface area is 180 Å². The summed E-state index contributed by atoms with van der Waals surface area (Å²) in [5, 5.41) is 9.63. The third-order valence-electron chi connectivity index (χ3n) is 4.73. The molecule has 0 spiro atoms. The fraction of sp³-hybridized carbons (Fsp3) is 0.208. The molecule has 3 aromatic rings. The number of rotatable bonds is 9. The van der Waals surface area contributed by atoms with Gasteiger partial charge in [0.05, 0.1) is 13.1 Å². The fourth-order valence-corrected chi connectivity index (χ4v) is 3.51. The Morgan fingerprint density at radius 1 is 1.07 bits per heavy atom. The zero-order valence-corrected chi connectivity index (χ0v) is 17.1. The monoisotopic (exact) mass is 427 g/mol. The maximum absolute atomic E-state index is 12.6. The lowest BCUT2D eigenvalue weighted by atomic mass is 9.97. The van der Waals surface area contributed by atoms with E-state index in [1.807, 2.05) is 42.5 Å². The van der Waals surface area contributed by atoms with Crippen molar-refractivity contribution in [1.29, 1.82) is 0 Å². The van der Waals surface area contributed by atoms with Crippen molar-refractivity contribution in [3.8, 4) is 16.9 Å². The molecule has 0 aliphatic rings. The van der Waals surface area contributed by atoms with Gasteiger partial charge in [-0.15, -0.1) is 0 Å². The van der Waals surface area contributed by atoms with Crippen LogP contribution < -0.4 is 10.5 Å². The van der Waals surface area contributed by atoms with Crippen LogP contribution >= 0.6 is 11.6 Å². The predicted octanol–water partition coefficient (Wildman–Crippen LogP) is 5.57. The standard InChI is InChI=1S/C24H23ClFNO3/c25-21-11-16(15-30-23-7-2-1-4-19(23)14-24(28)29)10-20(13-21)17-5-3-6-18(12-17)22(27)8-9-26/h1-7,10-13,22H,8-9,14-15,27H2,(H,28,29). The van der Waals surface area contributed by atoms with Gasteiger partial charge in [-0.1, -0.05) is 48.0 Å². The number of carboxylic acids is 1. The van der Waals surface area contributed by atoms with Crippen molar-refractivity contribution in [2.75, 3.05) is 6.67 Å². The van der Waals surface area contributed by atoms with Gasteiger partial charge in [-0.2, -0.15) is 0 Å². The molecule has 3 rings (SSSR count). The second kappa shape index (κ2) is 10.2. The van der Waals surface area contributed by atoms with E-state index in [2.05, 4.69) is 0 Å². The molecule has 3 aromatic carbocycles. The molecule has 30 heavy (non-hydrogen) atoms. The summed E-state index contributed by atoms with van der Waals surface area (Å²) in [6.45, 7) is -0.224. The number of alkyl halides is 1. The average molecular weight is 428 g/mol. The van der Waals surface area contributed by atoms with Crippen molar-refractivity contribution in [1.82, 2.24) is 0 Å². The first kappa shape index (κ1) is 21.8. The highest BCUT2D eigenvalue weighted by molar-refractivity contribution is 6.31. The molecular formula is C24H23ClFNO3. The van der Waals surface area contributed by atoms with Crippen molar-refractivity contribution in [2.45, 2.75) is 25.5 Å². The minimum Gasteiger partial charge on any atom is -0.489 e. The van der Waals surface area contributed by atoms with Crippen LogP contribution in [0.2, 0.25) is 5.02 Å². The molecule has 1 unspecified atom stereocenters. The van der Waals surface area contributed by atoms with Crippen LogP contribution in [-0.2, 0) is 17.8 Å². The van der Waals surface area contributed by atoms with Crippen LogP contribution in [0, 0.1) is 0 Å². The highest BCUT2D eigenvalue weighted by Crippen LogP contribution is 2.28. The van der Waals surface area contributed by atoms with Crippen molar-refractivity contribution >= 4 is 17.6 Å². The molecule has 3 N–H and O–H groups in total. The lowest BCUT2D eigenvalue weighted by Gasteiger charge is -2.14. The van der Waals surface area contributed by atoms with Gasteiger partial charge >= 0.3 is 5.97 Å². The molecular weight excluding hydrogens is 405 g/mol. The van der Waals surface area contributed by atoms with E-state index in [-0.39, 0.29) is 25.5 Å². The molecule has 0 heterocycles. The summed E-state index contributed by atoms with van der Waals surface area (Å²) in [5.41, 5.74) is 10.2. The minimum atomic E-state index is -0.915. The topological polar surface area (TPSA) is 72.5 Å². The molecule has 0 radical (unpaired) electrons. The van der Waals surface area contributed by atoms with Crippen LogP contribution in [0.1, 0.15) is 29.2 Å². The second-order valence-corrected chi connectivity index (χ2v) is 7.46. The third kappa shape index (κ3) is 5.81. The molecule has 156 valence electrons. The quantitative estimate of drug-likeness (QED) is 0.468. The second-order valence-electron chi connectivity index (χ2n) is 7.02. The lowest BCUT2D eigenvalue weighted by Crippen LogP contribution is -2.10. The van der Waals surface area contributed by atoms with Crippen LogP contribution in [0.5, 0.6) is 5.75 Å². The van der Waals surface area contributed by atoms with Crippen molar-refractivity contribution in [2.24, 2.45) is 5.73 Å². The van der Waals surface area contributed by atoms with Gasteiger partial charge in [0.1, 0.15) is 12.4 Å². The van der Waals surface area contributed by atoms with Crippen LogP contribution in [0.3, 0.4) is 0 Å². The zero-order chi connectivity index (χ0) is 21.5. The Balaban J connectivity index is 1.82. The number of ether oxygens (including phenoxy) is 1. The zero-order valence-electron chi connectivity index (χ0n) is 16.4. The highest BCUT2D eigenvalue weighted by atomic mass is 35.5. The molecule has 1 atom stereocenters. The Morgan fingerprint density at radius 2 is 1.87 bits per heavy atom. The Kier molecular flexibility index (Phi) is 7.44. The first-order valence-corrected chi connectivity index (χ1v) is 9.98. The average Bonchev–Trinajstić information content (AvgIpc) is 2.72. The first-order valence-electron chi connectivity index (χ1n) is 9.60. The fourth-order valence-electron chi connectivity index (χ4n) is 3.25. The van der Waals surface area contributed by atoms with Crippen LogP contribution in [0.4, 0.5) is 4.39 Å². The number of carboxylic acid groups (broad SMARTS) is 1. The maximum Gasteiger partial charge on any atom is 0.307 e. The smallest absolute Gasteiger partial charge is 0.307 e. The lowest BCUT2D eigenvalue weighted by molar-refractivity contribution is -0.136. The highest BCUT2D eigenvalue weighted by Gasteiger charge is 2.10. The van der Waals surface area contributed by atoms with E-state index in [1.165, 1.54) is 0 Å². The molecule has 4 nitrogen and oxygen atoms in total. The normalized spacial score (nSPS) is 11.8. The van der Waals surface area contributed by atoms with Crippen LogP contribution in [-0.4, -0.2) is 17.8 Å². The molecule has 0 aliphatic heterocycles. The first-order chi connectivity index (χ1) is 14.5. The summed E-state index contributed by atoms with van der Waals surface area (Å²) in [6, 6.07) is 20.0. The summed E-state index contributed by atoms with van der Waals surface area (Å²) in [7, 11) is 0. The van der Waals surface area contributed by atoms with Gasteiger partial charge in [0.15, 0.2) is 0 Å². The number of para-hydroxylation sites is 1. The molecule has 0 aliphatic carbocycles. The molecule has 6 heteroatoms. The molecule has 0 saturated carbocycles. The van der Waals surface area contributed by atoms with Crippen LogP contribution in [0.25, 0.3) is 11.1 Å². The molecule has 0 aromatic heterocycles. The van der Waals surface area contributed by atoms with E-state index in [0.717, 1.165) is 22.3 Å². The van der Waals surface area contributed by atoms with Gasteiger partial charge in [-0.25, -0.2) is 0 Å². The molecule has 0 saturated heterocycles. The van der Waals surface area contributed by atoms with E-state index in [0.29, 0.717) is 16.3 Å². The number of hydrogen-bond acceptors (Lipinski definition) is 3. The summed E-state index contributed by atoms with van der Waals surface area (Å²) < 4.78 is 18.5. The van der Waals surface area contributed by atoms with Gasteiger partial charge in [-0.05, 0) is 59.0 Å². The van der Waals surface area contributed by atoms with E-state index in [1.54, 1.807) is 24.3 Å². The number of hydrogen-bond donors (Lipinski definition) is 2. The van der Waals surface area contributed by atoms with Crippen molar-refractivity contribution in [3.63, 3.8) is 0 Å². The van der Waals surface area contributed by atoms with E-state index < -0.39 is 12.6 Å². The third-order valence-corrected chi connectivity index (χ3v) is 4.95. The summed E-state index contributed by atoms with van der Waals surface area (Å²) in [5.74, 6) is -0.387. The molecule has 0 fully saturated rings. The Hall–Kier alpha value is -2.89. The number of benzene rings is 3. The minimum absolute atomic E-state index is 0.108. The number of aliphatic carboxylic acids is 1. The van der Waals surface area contributed by atoms with Gasteiger partial charge in [0, 0.05) is 16.6 Å². The Bertz CT molecular complexity index is 1020. The summed E-state index contributed by atoms with van der Waals surface area (Å²) in [6.07, 6.45) is 0.163. The van der Waals surface area contributed by atoms with Gasteiger partial charge < -0.3 is 15.6 Å². The van der Waals surface area contributed by atoms with Gasteiger partial charge in [-0.3, -0.25) is 9.18 Å². The summed E-state index contributed by atoms with van der Waals surface area (Å²) >= 11 is 6.33. The van der Waals surface area contributed by atoms with Crippen LogP contribution in [0.15, 0.2) is 66.7 Å². The number of nitrogens with two attached hydrogens (primary N) is 1. The predicted molar refractivity (Wildman–Crippen MR) is 117 cm³/mol. The van der Waals surface area contributed by atoms with Gasteiger partial charge in [0.2, 0.25) is 0 Å². The number of carbonyl (C=O) groups is 1. The Morgan fingerprint density at radius 3 is 2.63 bits per heavy atom. The van der Waals surface area contributed by atoms with Crippen molar-refractivity contribution < 1.29 is 19.0 Å². The molecule has 0 amide bonds. The largest absolute Gasteiger partial charge is 0.489 e. The van der Waals surface area contributed by atoms with Gasteiger partial charge in [0.25, 0.3) is 0 Å². The maximum atomic E-state index is 12.6. The van der Waals surface area contributed by atoms with Crippen molar-refractivity contribution in [3.05, 3.63) is 88.4 Å². The van der Waals surface area contributed by atoms with E-state index in [9.17, 15) is 9.18 Å². The SMILES string of the molecule is NC(CCF)c1cccc(-c2cc(Cl)cc(COc3ccccc3CC(=O)O)c2)c1. The summed E-state index contributed by atoms with van der Waals surface area (Å²) in [4.78, 5) is 11.1. The van der Waals surface area contributed by atoms with E-state index in [4.69, 9.17) is 27.2 Å².